The van der Waals surface area contributed by atoms with Gasteiger partial charge in [0.15, 0.2) is 0 Å². The molecule has 0 aromatic carbocycles. The van der Waals surface area contributed by atoms with Gasteiger partial charge in [0, 0.05) is 13.5 Å². The Bertz CT molecular complexity index is 134. The third kappa shape index (κ3) is 0.968. The fourth-order valence-electron chi connectivity index (χ4n) is 2.34. The van der Waals surface area contributed by atoms with Crippen molar-refractivity contribution in [3.05, 3.63) is 0 Å². The van der Waals surface area contributed by atoms with Crippen LogP contribution in [0.1, 0.15) is 39.9 Å². The summed E-state index contributed by atoms with van der Waals surface area (Å²) in [6, 6.07) is 1.48. The van der Waals surface area contributed by atoms with E-state index in [1.807, 2.05) is 0 Å². The molecule has 10 heavy (non-hydrogen) atoms. The third-order valence-corrected chi connectivity index (χ3v) is 3.10. The normalized spacial score (nSPS) is 50.5. The van der Waals surface area contributed by atoms with Crippen LogP contribution in [0.3, 0.4) is 0 Å². The van der Waals surface area contributed by atoms with Crippen molar-refractivity contribution in [2.24, 2.45) is 0 Å². The first-order chi connectivity index (χ1) is 5.27. The van der Waals surface area contributed by atoms with E-state index in [0.717, 1.165) is 24.9 Å². The van der Waals surface area contributed by atoms with Gasteiger partial charge >= 0.3 is 0 Å². The summed E-state index contributed by atoms with van der Waals surface area (Å²) in [5, 5.41) is 0. The lowest BCUT2D eigenvalue weighted by Gasteiger charge is -2.43. The number of rotatable bonds is 0. The van der Waals surface area contributed by atoms with Crippen molar-refractivity contribution >= 4 is 0 Å². The Morgan fingerprint density at radius 3 is 2.40 bits per heavy atom. The van der Waals surface area contributed by atoms with E-state index < -0.39 is 0 Å². The Kier molecular flexibility index (Phi) is 1.42. The Hall–Kier alpha value is -0.0400. The minimum atomic E-state index is 0.237. The average Bonchev–Trinajstić information content (AvgIpc) is 1.92. The number of piperidine rings is 2. The fraction of sp³-hybridized carbons (Fsp3) is 1.00. The van der Waals surface area contributed by atoms with Gasteiger partial charge in [0.25, 0.3) is 0 Å². The molecule has 0 radical (unpaired) electrons. The van der Waals surface area contributed by atoms with Crippen molar-refractivity contribution in [3.8, 4) is 0 Å². The summed E-state index contributed by atoms with van der Waals surface area (Å²) in [5.74, 6) is 0. The lowest BCUT2D eigenvalue weighted by Crippen LogP contribution is -2.46. The maximum absolute atomic E-state index is 7.73. The smallest absolute Gasteiger partial charge is 0.0268 e. The Morgan fingerprint density at radius 1 is 1.20 bits per heavy atom. The molecule has 2 aliphatic heterocycles. The average molecular weight is 140 g/mol. The van der Waals surface area contributed by atoms with Crippen molar-refractivity contribution < 1.29 is 1.37 Å². The molecule has 0 N–H and O–H groups in total. The molecule has 0 aromatic rings. The molecule has 0 aliphatic carbocycles. The highest BCUT2D eigenvalue weighted by Crippen LogP contribution is 2.31. The Labute approximate surface area is 64.8 Å². The summed E-state index contributed by atoms with van der Waals surface area (Å²) >= 11 is 0. The van der Waals surface area contributed by atoms with Gasteiger partial charge in [-0.15, -0.1) is 0 Å². The highest BCUT2D eigenvalue weighted by Gasteiger charge is 2.30. The van der Waals surface area contributed by atoms with Gasteiger partial charge in [-0.05, 0) is 32.7 Å². The zero-order valence-corrected chi connectivity index (χ0v) is 6.71. The number of hydrogen-bond acceptors (Lipinski definition) is 1. The van der Waals surface area contributed by atoms with Gasteiger partial charge < -0.3 is 4.90 Å². The van der Waals surface area contributed by atoms with E-state index in [4.69, 9.17) is 1.37 Å². The van der Waals surface area contributed by atoms with Crippen LogP contribution >= 0.6 is 0 Å². The Balaban J connectivity index is 2.07. The van der Waals surface area contributed by atoms with E-state index in [9.17, 15) is 0 Å². The molecule has 0 amide bonds. The molecular weight excluding hydrogens is 122 g/mol. The quantitative estimate of drug-likeness (QED) is 0.497. The molecule has 58 valence electrons. The number of nitrogens with zero attached hydrogens (tertiary/aromatic N) is 1. The minimum Gasteiger partial charge on any atom is -0.300 e. The molecule has 1 heteroatoms. The van der Waals surface area contributed by atoms with E-state index >= 15 is 0 Å². The maximum atomic E-state index is 7.73. The van der Waals surface area contributed by atoms with Gasteiger partial charge in [-0.3, -0.25) is 0 Å². The highest BCUT2D eigenvalue weighted by atomic mass is 15.2. The molecule has 1 unspecified atom stereocenters. The fourth-order valence-corrected chi connectivity index (χ4v) is 2.34. The van der Waals surface area contributed by atoms with Gasteiger partial charge in [-0.25, -0.2) is 0 Å². The molecule has 0 saturated carbocycles. The summed E-state index contributed by atoms with van der Waals surface area (Å²) in [6.07, 6.45) is 6.54. The van der Waals surface area contributed by atoms with Crippen molar-refractivity contribution in [2.45, 2.75) is 50.6 Å². The molecule has 2 heterocycles. The third-order valence-electron chi connectivity index (χ3n) is 3.10. The van der Waals surface area contributed by atoms with Crippen molar-refractivity contribution in [2.75, 3.05) is 7.05 Å². The molecule has 0 aromatic heterocycles. The number of fused-ring (bicyclic) bond motifs is 2. The summed E-state index contributed by atoms with van der Waals surface area (Å²) in [5.41, 5.74) is 0. The molecule has 2 fully saturated rings. The second kappa shape index (κ2) is 2.54. The predicted molar refractivity (Wildman–Crippen MR) is 43.0 cm³/mol. The van der Waals surface area contributed by atoms with Crippen LogP contribution in [0.5, 0.6) is 0 Å². The second-order valence-electron chi connectivity index (χ2n) is 3.66. The highest BCUT2D eigenvalue weighted by molar-refractivity contribution is 4.86. The van der Waals surface area contributed by atoms with E-state index in [0.29, 0.717) is 0 Å². The van der Waals surface area contributed by atoms with Gasteiger partial charge in [0.1, 0.15) is 0 Å². The molecule has 1 nitrogen and oxygen atoms in total. The molecule has 0 spiro atoms. The molecule has 2 rings (SSSR count). The summed E-state index contributed by atoms with van der Waals surface area (Å²) < 4.78 is 7.73. The van der Waals surface area contributed by atoms with Crippen LogP contribution in [0.25, 0.3) is 0 Å². The van der Waals surface area contributed by atoms with Gasteiger partial charge in [-0.2, -0.15) is 0 Å². The second-order valence-corrected chi connectivity index (χ2v) is 3.66. The zero-order valence-electron chi connectivity index (χ0n) is 7.71. The Morgan fingerprint density at radius 2 is 1.80 bits per heavy atom. The van der Waals surface area contributed by atoms with Crippen molar-refractivity contribution in [3.63, 3.8) is 0 Å². The van der Waals surface area contributed by atoms with Crippen molar-refractivity contribution in [1.82, 2.24) is 4.90 Å². The lowest BCUT2D eigenvalue weighted by atomic mass is 9.85. The SMILES string of the molecule is [2H]C1C[C@H]2CCC[C@@H](C1)N2C. The summed E-state index contributed by atoms with van der Waals surface area (Å²) in [4.78, 5) is 2.51. The van der Waals surface area contributed by atoms with Crippen LogP contribution in [-0.4, -0.2) is 24.0 Å². The lowest BCUT2D eigenvalue weighted by molar-refractivity contribution is 0.0673. The van der Waals surface area contributed by atoms with E-state index in [1.54, 1.807) is 0 Å². The maximum Gasteiger partial charge on any atom is 0.0268 e. The monoisotopic (exact) mass is 140 g/mol. The molecular formula is C9H17N. The minimum absolute atomic E-state index is 0.237. The molecule has 3 atom stereocenters. The first kappa shape index (κ1) is 5.59. The van der Waals surface area contributed by atoms with Crippen molar-refractivity contribution in [1.29, 1.82) is 0 Å². The van der Waals surface area contributed by atoms with E-state index in [1.165, 1.54) is 19.3 Å². The van der Waals surface area contributed by atoms with E-state index in [-0.39, 0.29) is 6.40 Å². The molecule has 2 aliphatic rings. The van der Waals surface area contributed by atoms with Crippen LogP contribution in [-0.2, 0) is 0 Å². The van der Waals surface area contributed by atoms with Gasteiger partial charge in [-0.1, -0.05) is 12.8 Å². The standard InChI is InChI=1S/C9H17N/c1-10-8-4-2-5-9(10)7-3-6-8/h8-9H,2-7H2,1H3/t8-,9+/i2D/t2?,8-,9+. The van der Waals surface area contributed by atoms with Crippen LogP contribution in [0.2, 0.25) is 0 Å². The van der Waals surface area contributed by atoms with Crippen LogP contribution in [0, 0.1) is 0 Å². The van der Waals surface area contributed by atoms with E-state index in [2.05, 4.69) is 11.9 Å². The molecule has 2 saturated heterocycles. The summed E-state index contributed by atoms with van der Waals surface area (Å²) in [7, 11) is 2.24. The van der Waals surface area contributed by atoms with Crippen LogP contribution in [0.4, 0.5) is 0 Å². The van der Waals surface area contributed by atoms with Crippen LogP contribution in [0.15, 0.2) is 0 Å². The van der Waals surface area contributed by atoms with Crippen LogP contribution < -0.4 is 0 Å². The molecule has 2 bridgehead atoms. The predicted octanol–water partition coefficient (Wildman–Crippen LogP) is 2.02. The summed E-state index contributed by atoms with van der Waals surface area (Å²) in [6.45, 7) is 0. The largest absolute Gasteiger partial charge is 0.300 e. The first-order valence-electron chi connectivity index (χ1n) is 4.99. The van der Waals surface area contributed by atoms with Gasteiger partial charge in [0.2, 0.25) is 0 Å². The zero-order chi connectivity index (χ0) is 7.84. The topological polar surface area (TPSA) is 3.24 Å². The van der Waals surface area contributed by atoms with Gasteiger partial charge in [0.05, 0.1) is 0 Å². The number of hydrogen-bond donors (Lipinski definition) is 0. The first-order valence-corrected chi connectivity index (χ1v) is 4.41.